The fourth-order valence-electron chi connectivity index (χ4n) is 1.80. The summed E-state index contributed by atoms with van der Waals surface area (Å²) in [5, 5.41) is 0. The van der Waals surface area contributed by atoms with Crippen LogP contribution < -0.4 is 9.47 Å². The number of methoxy groups -OCH3 is 2. The second-order valence-corrected chi connectivity index (χ2v) is 4.69. The Morgan fingerprint density at radius 1 is 1.32 bits per heavy atom. The van der Waals surface area contributed by atoms with Crippen molar-refractivity contribution in [1.29, 1.82) is 0 Å². The Balaban J connectivity index is 2.99. The van der Waals surface area contributed by atoms with Gasteiger partial charge in [-0.2, -0.15) is 0 Å². The number of alkyl halides is 1. The molecular weight excluding hydrogens is 266 g/mol. The minimum Gasteiger partial charge on any atom is -0.497 e. The average molecular weight is 286 g/mol. The highest BCUT2D eigenvalue weighted by Gasteiger charge is 2.18. The SMILES string of the molecule is COc1ccc(CN(C(=O)CCl)C(C)C)c(OC)c1. The molecule has 0 atom stereocenters. The summed E-state index contributed by atoms with van der Waals surface area (Å²) in [4.78, 5) is 13.5. The van der Waals surface area contributed by atoms with Crippen LogP contribution in [-0.2, 0) is 11.3 Å². The molecule has 0 saturated heterocycles. The quantitative estimate of drug-likeness (QED) is 0.754. The topological polar surface area (TPSA) is 38.8 Å². The van der Waals surface area contributed by atoms with Crippen LogP contribution in [0.2, 0.25) is 0 Å². The van der Waals surface area contributed by atoms with Crippen LogP contribution in [0.3, 0.4) is 0 Å². The van der Waals surface area contributed by atoms with E-state index in [0.717, 1.165) is 11.3 Å². The van der Waals surface area contributed by atoms with Crippen molar-refractivity contribution >= 4 is 17.5 Å². The van der Waals surface area contributed by atoms with Gasteiger partial charge in [-0.1, -0.05) is 0 Å². The number of rotatable bonds is 6. The van der Waals surface area contributed by atoms with E-state index < -0.39 is 0 Å². The first-order valence-corrected chi connectivity index (χ1v) is 6.63. The van der Waals surface area contributed by atoms with E-state index in [9.17, 15) is 4.79 Å². The number of nitrogens with zero attached hydrogens (tertiary/aromatic N) is 1. The molecule has 1 aromatic rings. The lowest BCUT2D eigenvalue weighted by atomic mass is 10.1. The van der Waals surface area contributed by atoms with Crippen LogP contribution in [0.25, 0.3) is 0 Å². The first-order valence-electron chi connectivity index (χ1n) is 6.09. The van der Waals surface area contributed by atoms with E-state index in [1.165, 1.54) is 0 Å². The summed E-state index contributed by atoms with van der Waals surface area (Å²) in [5.74, 6) is 1.32. The molecule has 0 fully saturated rings. The van der Waals surface area contributed by atoms with Gasteiger partial charge in [-0.15, -0.1) is 11.6 Å². The average Bonchev–Trinajstić information content (AvgIpc) is 2.43. The van der Waals surface area contributed by atoms with Gasteiger partial charge < -0.3 is 14.4 Å². The number of amides is 1. The van der Waals surface area contributed by atoms with E-state index in [1.807, 2.05) is 26.0 Å². The lowest BCUT2D eigenvalue weighted by molar-refractivity contribution is -0.130. The minimum atomic E-state index is -0.0884. The van der Waals surface area contributed by atoms with Crippen molar-refractivity contribution in [2.75, 3.05) is 20.1 Å². The molecule has 0 unspecified atom stereocenters. The third kappa shape index (κ3) is 4.03. The number of carbonyl (C=O) groups excluding carboxylic acids is 1. The van der Waals surface area contributed by atoms with E-state index in [1.54, 1.807) is 25.2 Å². The van der Waals surface area contributed by atoms with E-state index >= 15 is 0 Å². The van der Waals surface area contributed by atoms with Crippen LogP contribution >= 0.6 is 11.6 Å². The fraction of sp³-hybridized carbons (Fsp3) is 0.500. The molecular formula is C14H20ClNO3. The van der Waals surface area contributed by atoms with Crippen LogP contribution in [0.15, 0.2) is 18.2 Å². The molecule has 0 aliphatic heterocycles. The third-order valence-electron chi connectivity index (χ3n) is 2.89. The van der Waals surface area contributed by atoms with Crippen LogP contribution in [0.4, 0.5) is 0 Å². The van der Waals surface area contributed by atoms with Gasteiger partial charge >= 0.3 is 0 Å². The highest BCUT2D eigenvalue weighted by molar-refractivity contribution is 6.27. The second kappa shape index (κ2) is 7.24. The lowest BCUT2D eigenvalue weighted by Crippen LogP contribution is -2.37. The molecule has 0 aliphatic carbocycles. The van der Waals surface area contributed by atoms with Gasteiger partial charge in [0.25, 0.3) is 0 Å². The smallest absolute Gasteiger partial charge is 0.238 e. The van der Waals surface area contributed by atoms with Crippen molar-refractivity contribution in [3.05, 3.63) is 23.8 Å². The molecule has 0 aliphatic rings. The lowest BCUT2D eigenvalue weighted by Gasteiger charge is -2.27. The summed E-state index contributed by atoms with van der Waals surface area (Å²) in [6.07, 6.45) is 0. The van der Waals surface area contributed by atoms with E-state index in [-0.39, 0.29) is 17.8 Å². The molecule has 0 heterocycles. The summed E-state index contributed by atoms with van der Waals surface area (Å²) >= 11 is 5.64. The van der Waals surface area contributed by atoms with Gasteiger partial charge in [-0.05, 0) is 26.0 Å². The molecule has 1 aromatic carbocycles. The van der Waals surface area contributed by atoms with Gasteiger partial charge in [0.1, 0.15) is 17.4 Å². The maximum Gasteiger partial charge on any atom is 0.238 e. The number of benzene rings is 1. The first kappa shape index (κ1) is 15.6. The predicted molar refractivity (Wildman–Crippen MR) is 76.0 cm³/mol. The second-order valence-electron chi connectivity index (χ2n) is 4.43. The van der Waals surface area contributed by atoms with Crippen molar-refractivity contribution in [1.82, 2.24) is 4.90 Å². The van der Waals surface area contributed by atoms with Gasteiger partial charge in [-0.25, -0.2) is 0 Å². The molecule has 19 heavy (non-hydrogen) atoms. The summed E-state index contributed by atoms with van der Waals surface area (Å²) in [5.41, 5.74) is 0.926. The zero-order valence-corrected chi connectivity index (χ0v) is 12.5. The maximum atomic E-state index is 11.8. The van der Waals surface area contributed by atoms with Crippen molar-refractivity contribution in [3.63, 3.8) is 0 Å². The zero-order chi connectivity index (χ0) is 14.4. The standard InChI is InChI=1S/C14H20ClNO3/c1-10(2)16(14(17)8-15)9-11-5-6-12(18-3)7-13(11)19-4/h5-7,10H,8-9H2,1-4H3. The third-order valence-corrected chi connectivity index (χ3v) is 3.12. The first-order chi connectivity index (χ1) is 9.03. The van der Waals surface area contributed by atoms with E-state index in [0.29, 0.717) is 12.3 Å². The van der Waals surface area contributed by atoms with Gasteiger partial charge in [0.15, 0.2) is 0 Å². The molecule has 0 saturated carbocycles. The number of hydrogen-bond donors (Lipinski definition) is 0. The molecule has 4 nitrogen and oxygen atoms in total. The van der Waals surface area contributed by atoms with Gasteiger partial charge in [0.2, 0.25) is 5.91 Å². The van der Waals surface area contributed by atoms with Crippen molar-refractivity contribution < 1.29 is 14.3 Å². The van der Waals surface area contributed by atoms with Crippen molar-refractivity contribution in [2.24, 2.45) is 0 Å². The molecule has 0 spiro atoms. The Labute approximate surface area is 119 Å². The fourth-order valence-corrected chi connectivity index (χ4v) is 1.96. The summed E-state index contributed by atoms with van der Waals surface area (Å²) in [6.45, 7) is 4.39. The maximum absolute atomic E-state index is 11.8. The minimum absolute atomic E-state index is 0.0172. The van der Waals surface area contributed by atoms with Crippen molar-refractivity contribution in [2.45, 2.75) is 26.4 Å². The summed E-state index contributed by atoms with van der Waals surface area (Å²) in [6, 6.07) is 5.63. The van der Waals surface area contributed by atoms with Gasteiger partial charge in [0.05, 0.1) is 14.2 Å². The van der Waals surface area contributed by atoms with Crippen LogP contribution in [0.1, 0.15) is 19.4 Å². The van der Waals surface area contributed by atoms with E-state index in [2.05, 4.69) is 0 Å². The predicted octanol–water partition coefficient (Wildman–Crippen LogP) is 2.68. The monoisotopic (exact) mass is 285 g/mol. The Morgan fingerprint density at radius 2 is 2.00 bits per heavy atom. The number of carbonyl (C=O) groups is 1. The molecule has 0 aromatic heterocycles. The summed E-state index contributed by atoms with van der Waals surface area (Å²) in [7, 11) is 3.20. The molecule has 106 valence electrons. The van der Waals surface area contributed by atoms with E-state index in [4.69, 9.17) is 21.1 Å². The normalized spacial score (nSPS) is 10.4. The van der Waals surface area contributed by atoms with Crippen LogP contribution in [-0.4, -0.2) is 36.9 Å². The zero-order valence-electron chi connectivity index (χ0n) is 11.8. The molecule has 1 rings (SSSR count). The molecule has 0 N–H and O–H groups in total. The van der Waals surface area contributed by atoms with Crippen LogP contribution in [0.5, 0.6) is 11.5 Å². The highest BCUT2D eigenvalue weighted by Crippen LogP contribution is 2.26. The van der Waals surface area contributed by atoms with Gasteiger partial charge in [0, 0.05) is 24.2 Å². The number of hydrogen-bond acceptors (Lipinski definition) is 3. The number of ether oxygens (including phenoxy) is 2. The highest BCUT2D eigenvalue weighted by atomic mass is 35.5. The Morgan fingerprint density at radius 3 is 2.47 bits per heavy atom. The summed E-state index contributed by atoms with van der Waals surface area (Å²) < 4.78 is 10.5. The molecule has 1 amide bonds. The molecule has 0 radical (unpaired) electrons. The van der Waals surface area contributed by atoms with Crippen LogP contribution in [0, 0.1) is 0 Å². The Kier molecular flexibility index (Phi) is 5.96. The Hall–Kier alpha value is -1.42. The Bertz CT molecular complexity index is 435. The molecule has 5 heteroatoms. The van der Waals surface area contributed by atoms with Crippen molar-refractivity contribution in [3.8, 4) is 11.5 Å². The molecule has 0 bridgehead atoms. The van der Waals surface area contributed by atoms with Gasteiger partial charge in [-0.3, -0.25) is 4.79 Å². The number of halogens is 1. The largest absolute Gasteiger partial charge is 0.497 e.